The van der Waals surface area contributed by atoms with Crippen LogP contribution in [-0.2, 0) is 12.8 Å². The summed E-state index contributed by atoms with van der Waals surface area (Å²) in [5, 5.41) is 0. The minimum absolute atomic E-state index is 1.02. The molecule has 0 saturated heterocycles. The van der Waals surface area contributed by atoms with E-state index in [-0.39, 0.29) is 0 Å². The van der Waals surface area contributed by atoms with Gasteiger partial charge >= 0.3 is 0 Å². The Morgan fingerprint density at radius 3 is 1.44 bits per heavy atom. The van der Waals surface area contributed by atoms with Crippen molar-refractivity contribution in [1.82, 2.24) is 0 Å². The molecule has 0 atom stereocenters. The molecular formula is C35H31I. The van der Waals surface area contributed by atoms with Gasteiger partial charge in [0.05, 0.1) is 0 Å². The van der Waals surface area contributed by atoms with E-state index < -0.39 is 0 Å². The fourth-order valence-corrected chi connectivity index (χ4v) is 4.55. The molecule has 0 radical (unpaired) electrons. The molecule has 36 heavy (non-hydrogen) atoms. The molecule has 4 aromatic rings. The highest BCUT2D eigenvalue weighted by Crippen LogP contribution is 2.26. The van der Waals surface area contributed by atoms with Crippen LogP contribution in [0.1, 0.15) is 65.6 Å². The van der Waals surface area contributed by atoms with Gasteiger partial charge in [-0.2, -0.15) is 0 Å². The number of halogens is 1. The second-order valence-electron chi connectivity index (χ2n) is 9.12. The van der Waals surface area contributed by atoms with E-state index in [1.807, 2.05) is 0 Å². The lowest BCUT2D eigenvalue weighted by Crippen LogP contribution is -1.94. The van der Waals surface area contributed by atoms with Crippen molar-refractivity contribution in [2.75, 3.05) is 0 Å². The molecule has 0 saturated carbocycles. The molecule has 0 aromatic heterocycles. The summed E-state index contributed by atoms with van der Waals surface area (Å²) in [5.74, 6) is 13.5. The third-order valence-electron chi connectivity index (χ3n) is 6.16. The van der Waals surface area contributed by atoms with Gasteiger partial charge in [-0.3, -0.25) is 0 Å². The zero-order valence-electron chi connectivity index (χ0n) is 21.3. The Kier molecular flexibility index (Phi) is 9.05. The zero-order chi connectivity index (χ0) is 25.3. The van der Waals surface area contributed by atoms with Gasteiger partial charge in [-0.1, -0.05) is 80.2 Å². The van der Waals surface area contributed by atoms with Gasteiger partial charge in [0.2, 0.25) is 0 Å². The van der Waals surface area contributed by atoms with E-state index >= 15 is 0 Å². The molecule has 0 spiro atoms. The lowest BCUT2D eigenvalue weighted by Gasteiger charge is -2.11. The van der Waals surface area contributed by atoms with Crippen molar-refractivity contribution in [3.8, 4) is 34.8 Å². The lowest BCUT2D eigenvalue weighted by molar-refractivity contribution is 0.917. The first kappa shape index (κ1) is 25.8. The van der Waals surface area contributed by atoms with Crippen molar-refractivity contribution >= 4 is 22.6 Å². The van der Waals surface area contributed by atoms with E-state index in [9.17, 15) is 0 Å². The third-order valence-corrected chi connectivity index (χ3v) is 6.88. The Morgan fingerprint density at radius 1 is 0.556 bits per heavy atom. The number of aryl methyl sites for hydroxylation is 3. The van der Waals surface area contributed by atoms with Gasteiger partial charge in [0.15, 0.2) is 0 Å². The van der Waals surface area contributed by atoms with Gasteiger partial charge in [-0.05, 0) is 125 Å². The normalized spacial score (nSPS) is 10.2. The molecule has 0 bridgehead atoms. The Hall–Kier alpha value is -3.27. The Labute approximate surface area is 230 Å². The molecule has 0 unspecified atom stereocenters. The van der Waals surface area contributed by atoms with Gasteiger partial charge in [-0.15, -0.1) is 0 Å². The average Bonchev–Trinajstić information content (AvgIpc) is 2.89. The van der Waals surface area contributed by atoms with Gasteiger partial charge in [0, 0.05) is 25.8 Å². The second-order valence-corrected chi connectivity index (χ2v) is 10.4. The van der Waals surface area contributed by atoms with Crippen molar-refractivity contribution < 1.29 is 0 Å². The Bertz CT molecular complexity index is 1340. The summed E-state index contributed by atoms with van der Waals surface area (Å²) >= 11 is 2.32. The van der Waals surface area contributed by atoms with Crippen LogP contribution in [0.2, 0.25) is 0 Å². The summed E-state index contributed by atoms with van der Waals surface area (Å²) in [7, 11) is 0. The quantitative estimate of drug-likeness (QED) is 0.164. The molecule has 0 amide bonds. The van der Waals surface area contributed by atoms with Crippen LogP contribution in [0.25, 0.3) is 11.1 Å². The van der Waals surface area contributed by atoms with Crippen molar-refractivity contribution in [3.63, 3.8) is 0 Å². The van der Waals surface area contributed by atoms with E-state index in [2.05, 4.69) is 152 Å². The smallest absolute Gasteiger partial charge is 0.0281 e. The van der Waals surface area contributed by atoms with Crippen molar-refractivity contribution in [2.24, 2.45) is 0 Å². The molecule has 0 heterocycles. The fourth-order valence-electron chi connectivity index (χ4n) is 4.19. The number of rotatable bonds is 5. The van der Waals surface area contributed by atoms with E-state index in [4.69, 9.17) is 0 Å². The van der Waals surface area contributed by atoms with E-state index in [0.29, 0.717) is 0 Å². The van der Waals surface area contributed by atoms with E-state index in [1.54, 1.807) is 0 Å². The van der Waals surface area contributed by atoms with E-state index in [0.717, 1.165) is 47.9 Å². The molecule has 4 rings (SSSR count). The summed E-state index contributed by atoms with van der Waals surface area (Å²) in [6.45, 7) is 6.55. The van der Waals surface area contributed by atoms with Crippen LogP contribution in [0.4, 0.5) is 0 Å². The summed E-state index contributed by atoms with van der Waals surface area (Å²) in [5.41, 5.74) is 10.7. The minimum atomic E-state index is 1.02. The van der Waals surface area contributed by atoms with Crippen LogP contribution >= 0.6 is 22.6 Å². The summed E-state index contributed by atoms with van der Waals surface area (Å²) < 4.78 is 1.23. The SMILES string of the molecule is CCCc1cc(-c2ccc(C#Cc3ccc(I)cc3)c(CCC)c2)ccc1C#Cc1ccc(C)cc1. The number of hydrogen-bond donors (Lipinski definition) is 0. The van der Waals surface area contributed by atoms with Crippen LogP contribution in [0.3, 0.4) is 0 Å². The summed E-state index contributed by atoms with van der Waals surface area (Å²) in [6.07, 6.45) is 4.23. The maximum absolute atomic E-state index is 3.42. The first-order chi connectivity index (χ1) is 17.6. The molecule has 4 aromatic carbocycles. The topological polar surface area (TPSA) is 0 Å². The first-order valence-corrected chi connectivity index (χ1v) is 13.8. The van der Waals surface area contributed by atoms with Crippen molar-refractivity contribution in [1.29, 1.82) is 0 Å². The molecule has 0 aliphatic carbocycles. The predicted octanol–water partition coefficient (Wildman–Crippen LogP) is 8.97. The van der Waals surface area contributed by atoms with Crippen molar-refractivity contribution in [2.45, 2.75) is 46.5 Å². The molecule has 178 valence electrons. The van der Waals surface area contributed by atoms with Crippen LogP contribution in [0.5, 0.6) is 0 Å². The summed E-state index contributed by atoms with van der Waals surface area (Å²) in [6, 6.07) is 30.2. The molecule has 0 N–H and O–H groups in total. The molecule has 0 fully saturated rings. The second kappa shape index (κ2) is 12.6. The number of hydrogen-bond acceptors (Lipinski definition) is 0. The molecule has 0 aliphatic heterocycles. The molecular weight excluding hydrogens is 547 g/mol. The highest BCUT2D eigenvalue weighted by Gasteiger charge is 2.07. The third kappa shape index (κ3) is 6.90. The van der Waals surface area contributed by atoms with Gasteiger partial charge in [-0.25, -0.2) is 0 Å². The Balaban J connectivity index is 1.65. The molecule has 0 aliphatic rings. The van der Waals surface area contributed by atoms with Gasteiger partial charge in [0.25, 0.3) is 0 Å². The molecule has 0 nitrogen and oxygen atoms in total. The Morgan fingerprint density at radius 2 is 1.00 bits per heavy atom. The summed E-state index contributed by atoms with van der Waals surface area (Å²) in [4.78, 5) is 0. The monoisotopic (exact) mass is 578 g/mol. The highest BCUT2D eigenvalue weighted by molar-refractivity contribution is 14.1. The highest BCUT2D eigenvalue weighted by atomic mass is 127. The zero-order valence-corrected chi connectivity index (χ0v) is 23.4. The lowest BCUT2D eigenvalue weighted by atomic mass is 9.93. The van der Waals surface area contributed by atoms with Crippen LogP contribution in [0, 0.1) is 34.2 Å². The van der Waals surface area contributed by atoms with Gasteiger partial charge < -0.3 is 0 Å². The standard InChI is InChI=1S/C35H31I/c1-4-6-31-24-33(20-18-29(31)16-12-27-10-8-26(3)9-11-27)34-21-19-30(32(25-34)7-5-2)17-13-28-14-22-35(36)23-15-28/h8-11,14-15,18-25H,4-7H2,1-3H3. The first-order valence-electron chi connectivity index (χ1n) is 12.7. The fraction of sp³-hybridized carbons (Fsp3) is 0.200. The largest absolute Gasteiger partial charge is 0.0651 e. The predicted molar refractivity (Wildman–Crippen MR) is 162 cm³/mol. The van der Waals surface area contributed by atoms with E-state index in [1.165, 1.54) is 31.4 Å². The average molecular weight is 579 g/mol. The molecule has 1 heteroatoms. The van der Waals surface area contributed by atoms with Crippen molar-refractivity contribution in [3.05, 3.63) is 127 Å². The van der Waals surface area contributed by atoms with Crippen LogP contribution < -0.4 is 0 Å². The maximum Gasteiger partial charge on any atom is 0.0281 e. The maximum atomic E-state index is 3.42. The minimum Gasteiger partial charge on any atom is -0.0651 e. The van der Waals surface area contributed by atoms with Gasteiger partial charge in [0.1, 0.15) is 0 Å². The van der Waals surface area contributed by atoms with Crippen LogP contribution in [-0.4, -0.2) is 0 Å². The van der Waals surface area contributed by atoms with Crippen LogP contribution in [0.15, 0.2) is 84.9 Å². The number of benzene rings is 4.